The van der Waals surface area contributed by atoms with E-state index < -0.39 is 43.4 Å². The van der Waals surface area contributed by atoms with Crippen molar-refractivity contribution in [2.75, 3.05) is 24.0 Å². The van der Waals surface area contributed by atoms with Crippen molar-refractivity contribution in [3.8, 4) is 0 Å². The maximum Gasteiger partial charge on any atom is 0.408 e. The van der Waals surface area contributed by atoms with E-state index in [2.05, 4.69) is 0 Å². The lowest BCUT2D eigenvalue weighted by Crippen LogP contribution is -2.90. The number of nitrogens with two attached hydrogens (primary N) is 2. The quantitative estimate of drug-likeness (QED) is 0.465. The number of carbonyl (C=O) groups is 2. The predicted octanol–water partition coefficient (Wildman–Crippen LogP) is 0.247. The molecule has 0 saturated carbocycles. The molecule has 25 heavy (non-hydrogen) atoms. The monoisotopic (exact) mass is 410 g/mol. The smallest absolute Gasteiger partial charge is 0.408 e. The highest BCUT2D eigenvalue weighted by Gasteiger charge is 2.78. The van der Waals surface area contributed by atoms with Crippen molar-refractivity contribution >= 4 is 44.0 Å². The van der Waals surface area contributed by atoms with E-state index in [1.54, 1.807) is 13.8 Å². The van der Waals surface area contributed by atoms with Gasteiger partial charge >= 0.3 is 20.5 Å². The van der Waals surface area contributed by atoms with Gasteiger partial charge in [0.05, 0.1) is 0 Å². The predicted molar refractivity (Wildman–Crippen MR) is 98.9 cm³/mol. The second kappa shape index (κ2) is 7.75. The van der Waals surface area contributed by atoms with Crippen LogP contribution in [0.4, 0.5) is 0 Å². The maximum absolute atomic E-state index is 12.8. The fourth-order valence-corrected chi connectivity index (χ4v) is 8.90. The first-order valence-electron chi connectivity index (χ1n) is 8.00. The minimum absolute atomic E-state index is 0.240. The van der Waals surface area contributed by atoms with Gasteiger partial charge in [-0.3, -0.25) is 9.59 Å². The van der Waals surface area contributed by atoms with Gasteiger partial charge in [-0.25, -0.2) is 0 Å². The highest BCUT2D eigenvalue weighted by molar-refractivity contribution is 7.98. The Morgan fingerprint density at radius 1 is 0.920 bits per heavy atom. The molecule has 2 aliphatic heterocycles. The number of ether oxygens (including phenoxy) is 2. The van der Waals surface area contributed by atoms with Crippen LogP contribution in [0.3, 0.4) is 0 Å². The standard InChI is InChI=1S/C14H26N2O6S2Si/c1-9-19-11(17)13(15,5-7-23-3)25(21-9)14(16,6-8-24-4)12(18)20-10(2)22-25/h9-10H,5-8,15-16H2,1-4H3. The third-order valence-electron chi connectivity index (χ3n) is 4.51. The van der Waals surface area contributed by atoms with Gasteiger partial charge in [-0.1, -0.05) is 0 Å². The zero-order chi connectivity index (χ0) is 18.9. The van der Waals surface area contributed by atoms with Crippen molar-refractivity contribution in [1.82, 2.24) is 0 Å². The number of hydrogen-bond donors (Lipinski definition) is 2. The molecular formula is C14H26N2O6S2Si. The second-order valence-electron chi connectivity index (χ2n) is 6.23. The zero-order valence-electron chi connectivity index (χ0n) is 14.9. The topological polar surface area (TPSA) is 123 Å². The average Bonchev–Trinajstić information content (AvgIpc) is 2.54. The second-order valence-corrected chi connectivity index (χ2v) is 11.7. The fraction of sp³-hybridized carbons (Fsp3) is 0.857. The van der Waals surface area contributed by atoms with Crippen LogP contribution >= 0.6 is 23.5 Å². The molecule has 0 aromatic heterocycles. The molecule has 2 heterocycles. The minimum Gasteiger partial charge on any atom is -0.436 e. The Kier molecular flexibility index (Phi) is 6.51. The van der Waals surface area contributed by atoms with Gasteiger partial charge in [-0.15, -0.1) is 0 Å². The molecule has 4 N–H and O–H groups in total. The lowest BCUT2D eigenvalue weighted by atomic mass is 10.2. The van der Waals surface area contributed by atoms with E-state index in [4.69, 9.17) is 29.8 Å². The summed E-state index contributed by atoms with van der Waals surface area (Å²) in [6, 6.07) is 0. The molecule has 2 saturated heterocycles. The first-order valence-corrected chi connectivity index (χ1v) is 12.6. The van der Waals surface area contributed by atoms with E-state index in [1.807, 2.05) is 12.5 Å². The molecule has 0 aliphatic carbocycles. The van der Waals surface area contributed by atoms with Gasteiger partial charge in [-0.05, 0) is 50.7 Å². The normalized spacial score (nSPS) is 41.5. The molecule has 4 atom stereocenters. The van der Waals surface area contributed by atoms with Crippen molar-refractivity contribution in [3.63, 3.8) is 0 Å². The van der Waals surface area contributed by atoms with Crippen molar-refractivity contribution in [3.05, 3.63) is 0 Å². The van der Waals surface area contributed by atoms with Crippen LogP contribution in [0.25, 0.3) is 0 Å². The molecule has 0 amide bonds. The molecule has 2 fully saturated rings. The summed E-state index contributed by atoms with van der Waals surface area (Å²) in [5.41, 5.74) is 13.1. The highest BCUT2D eigenvalue weighted by Crippen LogP contribution is 2.44. The molecule has 2 rings (SSSR count). The van der Waals surface area contributed by atoms with Gasteiger partial charge in [0.15, 0.2) is 22.9 Å². The third-order valence-corrected chi connectivity index (χ3v) is 10.3. The fourth-order valence-electron chi connectivity index (χ4n) is 3.20. The van der Waals surface area contributed by atoms with E-state index in [-0.39, 0.29) is 12.8 Å². The van der Waals surface area contributed by atoms with E-state index in [9.17, 15) is 9.59 Å². The molecule has 2 aliphatic rings. The molecule has 0 bridgehead atoms. The van der Waals surface area contributed by atoms with Gasteiger partial charge in [0.1, 0.15) is 0 Å². The lowest BCUT2D eigenvalue weighted by molar-refractivity contribution is -0.205. The van der Waals surface area contributed by atoms with Crippen LogP contribution in [0.5, 0.6) is 0 Å². The van der Waals surface area contributed by atoms with E-state index in [0.29, 0.717) is 11.5 Å². The highest BCUT2D eigenvalue weighted by atomic mass is 32.2. The van der Waals surface area contributed by atoms with Gasteiger partial charge in [-0.2, -0.15) is 23.5 Å². The molecule has 1 spiro atoms. The van der Waals surface area contributed by atoms with E-state index >= 15 is 0 Å². The third kappa shape index (κ3) is 3.35. The van der Waals surface area contributed by atoms with Crippen LogP contribution in [-0.4, -0.2) is 67.4 Å². The summed E-state index contributed by atoms with van der Waals surface area (Å²) in [4.78, 5) is 25.6. The van der Waals surface area contributed by atoms with Gasteiger partial charge < -0.3 is 29.8 Å². The molecule has 0 radical (unpaired) electrons. The lowest BCUT2D eigenvalue weighted by Gasteiger charge is -2.56. The molecule has 8 nitrogen and oxygen atoms in total. The van der Waals surface area contributed by atoms with Crippen LogP contribution in [-0.2, 0) is 27.9 Å². The first kappa shape index (κ1) is 21.0. The van der Waals surface area contributed by atoms with Crippen LogP contribution in [0, 0.1) is 0 Å². The number of cyclic esters (lactones) is 2. The summed E-state index contributed by atoms with van der Waals surface area (Å²) in [7, 11) is -3.82. The molecule has 0 aromatic carbocycles. The minimum atomic E-state index is -3.82. The number of hydrogen-bond acceptors (Lipinski definition) is 10. The number of thioether (sulfide) groups is 2. The Bertz CT molecular complexity index is 495. The number of esters is 2. The van der Waals surface area contributed by atoms with Crippen molar-refractivity contribution in [2.24, 2.45) is 11.5 Å². The Labute approximate surface area is 157 Å². The average molecular weight is 411 g/mol. The maximum atomic E-state index is 12.8. The molecule has 0 aromatic rings. The van der Waals surface area contributed by atoms with Gasteiger partial charge in [0.25, 0.3) is 0 Å². The zero-order valence-corrected chi connectivity index (χ0v) is 17.5. The summed E-state index contributed by atoms with van der Waals surface area (Å²) >= 11 is 3.05. The van der Waals surface area contributed by atoms with Crippen molar-refractivity contribution in [1.29, 1.82) is 0 Å². The SMILES string of the molecule is CSCCC1(N)C(=O)OC(C)O[Si]12OC(C)OC(=O)C2(N)CCSC. The summed E-state index contributed by atoms with van der Waals surface area (Å²) in [5, 5.41) is -3.19. The van der Waals surface area contributed by atoms with E-state index in [1.165, 1.54) is 23.5 Å². The van der Waals surface area contributed by atoms with Crippen molar-refractivity contribution < 1.29 is 27.9 Å². The van der Waals surface area contributed by atoms with Crippen molar-refractivity contribution in [2.45, 2.75) is 49.6 Å². The van der Waals surface area contributed by atoms with Gasteiger partial charge in [0, 0.05) is 0 Å². The number of carbonyl (C=O) groups excluding carboxylic acids is 2. The van der Waals surface area contributed by atoms with E-state index in [0.717, 1.165) is 0 Å². The Hall–Kier alpha value is -0.303. The Balaban J connectivity index is 2.60. The van der Waals surface area contributed by atoms with Crippen LogP contribution in [0.1, 0.15) is 26.7 Å². The van der Waals surface area contributed by atoms with Gasteiger partial charge in [0.2, 0.25) is 0 Å². The molecular weight excluding hydrogens is 384 g/mol. The largest absolute Gasteiger partial charge is 0.436 e. The molecule has 144 valence electrons. The molecule has 4 unspecified atom stereocenters. The Morgan fingerprint density at radius 2 is 1.28 bits per heavy atom. The summed E-state index contributed by atoms with van der Waals surface area (Å²) in [6.45, 7) is 3.15. The van der Waals surface area contributed by atoms with Crippen LogP contribution < -0.4 is 11.5 Å². The summed E-state index contributed by atoms with van der Waals surface area (Å²) in [5.74, 6) is -0.117. The summed E-state index contributed by atoms with van der Waals surface area (Å²) < 4.78 is 22.6. The van der Waals surface area contributed by atoms with Crippen LogP contribution in [0.2, 0.25) is 0 Å². The summed E-state index contributed by atoms with van der Waals surface area (Å²) in [6.07, 6.45) is 2.50. The number of rotatable bonds is 6. The Morgan fingerprint density at radius 3 is 1.60 bits per heavy atom. The molecule has 11 heteroatoms. The van der Waals surface area contributed by atoms with Crippen LogP contribution in [0.15, 0.2) is 0 Å². The first-order chi connectivity index (χ1) is 11.7.